The Morgan fingerprint density at radius 3 is 2.59 bits per heavy atom. The van der Waals surface area contributed by atoms with E-state index in [-0.39, 0.29) is 6.42 Å². The maximum Gasteiger partial charge on any atom is 0.412 e. The van der Waals surface area contributed by atoms with Gasteiger partial charge in [-0.2, -0.15) is 0 Å². The van der Waals surface area contributed by atoms with Crippen LogP contribution in [0.3, 0.4) is 0 Å². The minimum atomic E-state index is -0.750. The molecule has 1 aliphatic heterocycles. The van der Waals surface area contributed by atoms with Gasteiger partial charge in [-0.1, -0.05) is 11.6 Å². The maximum absolute atomic E-state index is 11.7. The lowest BCUT2D eigenvalue weighted by Crippen LogP contribution is -2.27. The zero-order valence-corrected chi connectivity index (χ0v) is 13.2. The second-order valence-electron chi connectivity index (χ2n) is 5.91. The van der Waals surface area contributed by atoms with Crippen LogP contribution < -0.4 is 5.32 Å². The Bertz CT molecular complexity index is 635. The van der Waals surface area contributed by atoms with E-state index < -0.39 is 29.6 Å². The zero-order chi connectivity index (χ0) is 16.5. The molecule has 1 N–H and O–H groups in total. The summed E-state index contributed by atoms with van der Waals surface area (Å²) in [5.41, 5.74) is 0.230. The van der Waals surface area contributed by atoms with Crippen LogP contribution in [0.25, 0.3) is 0 Å². The Hall–Kier alpha value is -2.08. The fourth-order valence-corrected chi connectivity index (χ4v) is 2.27. The molecule has 0 aliphatic carbocycles. The number of nitrogens with one attached hydrogen (secondary N) is 1. The van der Waals surface area contributed by atoms with Crippen LogP contribution in [0.15, 0.2) is 18.2 Å². The van der Waals surface area contributed by atoms with Gasteiger partial charge in [0.25, 0.3) is 0 Å². The highest BCUT2D eigenvalue weighted by atomic mass is 35.5. The number of hydrogen-bond acceptors (Lipinski definition) is 5. The molecular formula is C15H16ClNO5. The first-order valence-electron chi connectivity index (χ1n) is 6.70. The first-order chi connectivity index (χ1) is 10.2. The van der Waals surface area contributed by atoms with Crippen LogP contribution in [0, 0.1) is 0 Å². The molecule has 1 aliphatic rings. The molecule has 1 atom stereocenters. The van der Waals surface area contributed by atoms with Gasteiger partial charge in [0.15, 0.2) is 0 Å². The van der Waals surface area contributed by atoms with Crippen molar-refractivity contribution in [3.05, 3.63) is 28.8 Å². The van der Waals surface area contributed by atoms with Crippen molar-refractivity contribution in [2.24, 2.45) is 0 Å². The standard InChI is InChI=1S/C15H16ClNO5/c1-15(2,3)22-14(20)17-8-4-5-11(16)9(6-8)10-7-12(18)21-13(10)19/h4-6,10H,7H2,1-3H3,(H,17,20). The van der Waals surface area contributed by atoms with Gasteiger partial charge in [0, 0.05) is 10.7 Å². The Labute approximate surface area is 132 Å². The molecule has 1 aromatic carbocycles. The third-order valence-corrected chi connectivity index (χ3v) is 3.23. The molecule has 6 nitrogen and oxygen atoms in total. The van der Waals surface area contributed by atoms with E-state index in [1.807, 2.05) is 0 Å². The van der Waals surface area contributed by atoms with E-state index in [0.717, 1.165) is 0 Å². The van der Waals surface area contributed by atoms with Gasteiger partial charge in [0.05, 0.1) is 12.3 Å². The van der Waals surface area contributed by atoms with Crippen LogP contribution in [0.1, 0.15) is 38.7 Å². The quantitative estimate of drug-likeness (QED) is 0.666. The fourth-order valence-electron chi connectivity index (χ4n) is 2.02. The maximum atomic E-state index is 11.7. The third kappa shape index (κ3) is 3.98. The van der Waals surface area contributed by atoms with Crippen LogP contribution in [0.2, 0.25) is 5.02 Å². The van der Waals surface area contributed by atoms with E-state index in [0.29, 0.717) is 16.3 Å². The monoisotopic (exact) mass is 325 g/mol. The topological polar surface area (TPSA) is 81.7 Å². The van der Waals surface area contributed by atoms with Gasteiger partial charge in [-0.3, -0.25) is 14.9 Å². The van der Waals surface area contributed by atoms with Crippen LogP contribution in [0.4, 0.5) is 10.5 Å². The number of benzene rings is 1. The number of carbonyl (C=O) groups excluding carboxylic acids is 3. The zero-order valence-electron chi connectivity index (χ0n) is 12.4. The lowest BCUT2D eigenvalue weighted by atomic mass is 9.97. The molecule has 118 valence electrons. The molecule has 1 unspecified atom stereocenters. The van der Waals surface area contributed by atoms with E-state index >= 15 is 0 Å². The summed E-state index contributed by atoms with van der Waals surface area (Å²) in [7, 11) is 0. The Kier molecular flexibility index (Phi) is 4.42. The normalized spacial score (nSPS) is 18.1. The second-order valence-corrected chi connectivity index (χ2v) is 6.32. The summed E-state index contributed by atoms with van der Waals surface area (Å²) in [6.07, 6.45) is -0.681. The molecule has 2 rings (SSSR count). The summed E-state index contributed by atoms with van der Waals surface area (Å²) in [5.74, 6) is -1.97. The predicted molar refractivity (Wildman–Crippen MR) is 79.8 cm³/mol. The summed E-state index contributed by atoms with van der Waals surface area (Å²) in [6.45, 7) is 5.25. The molecule has 0 aromatic heterocycles. The van der Waals surface area contributed by atoms with E-state index in [9.17, 15) is 14.4 Å². The van der Waals surface area contributed by atoms with Crippen molar-refractivity contribution in [3.8, 4) is 0 Å². The molecule has 0 radical (unpaired) electrons. The minimum absolute atomic E-state index is 0.0611. The summed E-state index contributed by atoms with van der Waals surface area (Å²) in [5, 5.41) is 2.88. The van der Waals surface area contributed by atoms with E-state index in [1.54, 1.807) is 32.9 Å². The van der Waals surface area contributed by atoms with Crippen molar-refractivity contribution < 1.29 is 23.9 Å². The van der Waals surface area contributed by atoms with Gasteiger partial charge >= 0.3 is 18.0 Å². The van der Waals surface area contributed by atoms with Crippen molar-refractivity contribution >= 4 is 35.3 Å². The first-order valence-corrected chi connectivity index (χ1v) is 7.07. The van der Waals surface area contributed by atoms with E-state index in [1.165, 1.54) is 6.07 Å². The van der Waals surface area contributed by atoms with Crippen LogP contribution in [-0.4, -0.2) is 23.6 Å². The smallest absolute Gasteiger partial charge is 0.412 e. The second kappa shape index (κ2) is 5.96. The number of halogens is 1. The van der Waals surface area contributed by atoms with Crippen molar-refractivity contribution in [1.82, 2.24) is 0 Å². The molecular weight excluding hydrogens is 310 g/mol. The highest BCUT2D eigenvalue weighted by Crippen LogP contribution is 2.34. The lowest BCUT2D eigenvalue weighted by molar-refractivity contribution is -0.152. The first kappa shape index (κ1) is 16.3. The van der Waals surface area contributed by atoms with Gasteiger partial charge in [-0.05, 0) is 44.5 Å². The summed E-state index contributed by atoms with van der Waals surface area (Å²) in [4.78, 5) is 34.6. The van der Waals surface area contributed by atoms with Crippen LogP contribution >= 0.6 is 11.6 Å². The molecule has 7 heteroatoms. The molecule has 1 heterocycles. The predicted octanol–water partition coefficient (Wildman–Crippen LogP) is 3.24. The Balaban J connectivity index is 2.19. The van der Waals surface area contributed by atoms with E-state index in [4.69, 9.17) is 16.3 Å². The molecule has 1 amide bonds. The van der Waals surface area contributed by atoms with Gasteiger partial charge in [0.1, 0.15) is 5.60 Å². The van der Waals surface area contributed by atoms with E-state index in [2.05, 4.69) is 10.1 Å². The fraction of sp³-hybridized carbons (Fsp3) is 0.400. The molecule has 1 fully saturated rings. The molecule has 1 saturated heterocycles. The van der Waals surface area contributed by atoms with Gasteiger partial charge < -0.3 is 9.47 Å². The number of esters is 2. The van der Waals surface area contributed by atoms with Crippen molar-refractivity contribution in [2.75, 3.05) is 5.32 Å². The number of rotatable bonds is 2. The van der Waals surface area contributed by atoms with Crippen molar-refractivity contribution in [1.29, 1.82) is 0 Å². The molecule has 0 bridgehead atoms. The molecule has 1 aromatic rings. The number of hydrogen-bond donors (Lipinski definition) is 1. The highest BCUT2D eigenvalue weighted by molar-refractivity contribution is 6.32. The van der Waals surface area contributed by atoms with Crippen LogP contribution in [-0.2, 0) is 19.1 Å². The number of ether oxygens (including phenoxy) is 2. The Morgan fingerprint density at radius 1 is 1.36 bits per heavy atom. The lowest BCUT2D eigenvalue weighted by Gasteiger charge is -2.20. The van der Waals surface area contributed by atoms with Gasteiger partial charge in [-0.15, -0.1) is 0 Å². The summed E-state index contributed by atoms with van der Waals surface area (Å²) in [6, 6.07) is 4.66. The van der Waals surface area contributed by atoms with Crippen LogP contribution in [0.5, 0.6) is 0 Å². The number of anilines is 1. The number of cyclic esters (lactones) is 2. The number of amides is 1. The van der Waals surface area contributed by atoms with Gasteiger partial charge in [-0.25, -0.2) is 4.79 Å². The Morgan fingerprint density at radius 2 is 2.05 bits per heavy atom. The average molecular weight is 326 g/mol. The minimum Gasteiger partial charge on any atom is -0.444 e. The average Bonchev–Trinajstić information content (AvgIpc) is 2.68. The number of carbonyl (C=O) groups is 3. The third-order valence-electron chi connectivity index (χ3n) is 2.89. The largest absolute Gasteiger partial charge is 0.444 e. The summed E-state index contributed by atoms with van der Waals surface area (Å²) >= 11 is 6.07. The summed E-state index contributed by atoms with van der Waals surface area (Å²) < 4.78 is 9.67. The highest BCUT2D eigenvalue weighted by Gasteiger charge is 2.36. The molecule has 0 saturated carbocycles. The molecule has 22 heavy (non-hydrogen) atoms. The SMILES string of the molecule is CC(C)(C)OC(=O)Nc1ccc(Cl)c(C2CC(=O)OC2=O)c1. The molecule has 0 spiro atoms. The van der Waals surface area contributed by atoms with Gasteiger partial charge in [0.2, 0.25) is 0 Å². The van der Waals surface area contributed by atoms with Crippen molar-refractivity contribution in [2.45, 2.75) is 38.7 Å². The van der Waals surface area contributed by atoms with Crippen molar-refractivity contribution in [3.63, 3.8) is 0 Å².